The van der Waals surface area contributed by atoms with E-state index in [1.807, 2.05) is 6.08 Å². The second-order valence-electron chi connectivity index (χ2n) is 4.71. The number of rotatable bonds is 7. The monoisotopic (exact) mass is 196 g/mol. The second kappa shape index (κ2) is 5.52. The Morgan fingerprint density at radius 3 is 2.50 bits per heavy atom. The first-order valence-corrected chi connectivity index (χ1v) is 5.74. The molecule has 1 rings (SSSR count). The Balaban J connectivity index is 2.39. The molecule has 0 spiro atoms. The average molecular weight is 196 g/mol. The normalized spacial score (nSPS) is 18.9. The van der Waals surface area contributed by atoms with Gasteiger partial charge in [-0.05, 0) is 31.2 Å². The highest BCUT2D eigenvalue weighted by Gasteiger charge is 2.29. The lowest BCUT2D eigenvalue weighted by Crippen LogP contribution is -2.37. The van der Waals surface area contributed by atoms with Crippen LogP contribution in [0.1, 0.15) is 26.7 Å². The zero-order valence-corrected chi connectivity index (χ0v) is 9.58. The standard InChI is InChI=1S/C12H24N2/c1-4-7-14(12-5-6-12)9-11(8-13)10(2)3/h4,10-12H,1,5-9,13H2,2-3H3. The third-order valence-corrected chi connectivity index (χ3v) is 3.14. The van der Waals surface area contributed by atoms with E-state index in [9.17, 15) is 0 Å². The molecule has 0 heterocycles. The molecule has 0 bridgehead atoms. The lowest BCUT2D eigenvalue weighted by Gasteiger charge is -2.28. The molecule has 1 aliphatic carbocycles. The minimum absolute atomic E-state index is 0.635. The molecule has 0 amide bonds. The molecule has 0 aliphatic heterocycles. The molecule has 1 saturated carbocycles. The number of hydrogen-bond donors (Lipinski definition) is 1. The summed E-state index contributed by atoms with van der Waals surface area (Å²) in [6, 6.07) is 0.820. The van der Waals surface area contributed by atoms with Gasteiger partial charge in [-0.2, -0.15) is 0 Å². The third kappa shape index (κ3) is 3.43. The van der Waals surface area contributed by atoms with Crippen molar-refractivity contribution in [1.82, 2.24) is 4.90 Å². The smallest absolute Gasteiger partial charge is 0.0163 e. The molecule has 14 heavy (non-hydrogen) atoms. The summed E-state index contributed by atoms with van der Waals surface area (Å²) in [5, 5.41) is 0. The number of hydrogen-bond acceptors (Lipinski definition) is 2. The third-order valence-electron chi connectivity index (χ3n) is 3.14. The van der Waals surface area contributed by atoms with E-state index in [4.69, 9.17) is 5.73 Å². The second-order valence-corrected chi connectivity index (χ2v) is 4.71. The fraction of sp³-hybridized carbons (Fsp3) is 0.833. The first-order chi connectivity index (χ1) is 6.69. The van der Waals surface area contributed by atoms with E-state index < -0.39 is 0 Å². The molecule has 2 nitrogen and oxygen atoms in total. The van der Waals surface area contributed by atoms with Crippen LogP contribution in [-0.2, 0) is 0 Å². The SMILES string of the molecule is C=CCN(CC(CN)C(C)C)C1CC1. The number of nitrogens with two attached hydrogens (primary N) is 1. The summed E-state index contributed by atoms with van der Waals surface area (Å²) in [5.41, 5.74) is 5.79. The molecule has 1 aliphatic rings. The minimum Gasteiger partial charge on any atom is -0.330 e. The molecule has 82 valence electrons. The summed E-state index contributed by atoms with van der Waals surface area (Å²) in [5.74, 6) is 1.32. The van der Waals surface area contributed by atoms with Gasteiger partial charge in [-0.3, -0.25) is 4.90 Å². The van der Waals surface area contributed by atoms with Crippen molar-refractivity contribution in [3.63, 3.8) is 0 Å². The summed E-state index contributed by atoms with van der Waals surface area (Å²) in [4.78, 5) is 2.53. The van der Waals surface area contributed by atoms with Crippen LogP contribution in [0.3, 0.4) is 0 Å². The molecule has 0 aromatic rings. The quantitative estimate of drug-likeness (QED) is 0.630. The van der Waals surface area contributed by atoms with E-state index in [2.05, 4.69) is 25.3 Å². The molecule has 2 N–H and O–H groups in total. The maximum absolute atomic E-state index is 5.79. The van der Waals surface area contributed by atoms with Crippen molar-refractivity contribution < 1.29 is 0 Å². The van der Waals surface area contributed by atoms with Gasteiger partial charge in [0.1, 0.15) is 0 Å². The van der Waals surface area contributed by atoms with Gasteiger partial charge in [0.05, 0.1) is 0 Å². The molecule has 1 unspecified atom stereocenters. The van der Waals surface area contributed by atoms with E-state index in [1.54, 1.807) is 0 Å². The first-order valence-electron chi connectivity index (χ1n) is 5.74. The van der Waals surface area contributed by atoms with Crippen LogP contribution in [0, 0.1) is 11.8 Å². The lowest BCUT2D eigenvalue weighted by molar-refractivity contribution is 0.214. The fourth-order valence-electron chi connectivity index (χ4n) is 1.84. The molecular weight excluding hydrogens is 172 g/mol. The van der Waals surface area contributed by atoms with E-state index in [-0.39, 0.29) is 0 Å². The maximum Gasteiger partial charge on any atom is 0.0163 e. The molecule has 1 atom stereocenters. The van der Waals surface area contributed by atoms with E-state index in [0.29, 0.717) is 11.8 Å². The number of nitrogens with zero attached hydrogens (tertiary/aromatic N) is 1. The van der Waals surface area contributed by atoms with Crippen LogP contribution < -0.4 is 5.73 Å². The van der Waals surface area contributed by atoms with Crippen molar-refractivity contribution in [2.75, 3.05) is 19.6 Å². The minimum atomic E-state index is 0.635. The van der Waals surface area contributed by atoms with Crippen molar-refractivity contribution in [1.29, 1.82) is 0 Å². The highest BCUT2D eigenvalue weighted by Crippen LogP contribution is 2.28. The van der Waals surface area contributed by atoms with Gasteiger partial charge < -0.3 is 5.73 Å². The van der Waals surface area contributed by atoms with Crippen LogP contribution in [0.4, 0.5) is 0 Å². The lowest BCUT2D eigenvalue weighted by atomic mass is 9.95. The summed E-state index contributed by atoms with van der Waals surface area (Å²) >= 11 is 0. The van der Waals surface area contributed by atoms with Gasteiger partial charge in [-0.25, -0.2) is 0 Å². The predicted molar refractivity (Wildman–Crippen MR) is 62.2 cm³/mol. The first kappa shape index (κ1) is 11.7. The van der Waals surface area contributed by atoms with Gasteiger partial charge in [-0.1, -0.05) is 19.9 Å². The summed E-state index contributed by atoms with van der Waals surface area (Å²) in [7, 11) is 0. The van der Waals surface area contributed by atoms with Crippen LogP contribution in [0.5, 0.6) is 0 Å². The Morgan fingerprint density at radius 1 is 1.50 bits per heavy atom. The highest BCUT2D eigenvalue weighted by atomic mass is 15.2. The Hall–Kier alpha value is -0.340. The Bertz CT molecular complexity index is 173. The molecule has 0 radical (unpaired) electrons. The van der Waals surface area contributed by atoms with Gasteiger partial charge in [0, 0.05) is 19.1 Å². The van der Waals surface area contributed by atoms with E-state index in [1.165, 1.54) is 12.8 Å². The molecule has 1 fully saturated rings. The van der Waals surface area contributed by atoms with Crippen LogP contribution in [0.15, 0.2) is 12.7 Å². The van der Waals surface area contributed by atoms with E-state index >= 15 is 0 Å². The highest BCUT2D eigenvalue weighted by molar-refractivity contribution is 4.89. The van der Waals surface area contributed by atoms with Gasteiger partial charge in [0.25, 0.3) is 0 Å². The van der Waals surface area contributed by atoms with Crippen LogP contribution in [-0.4, -0.2) is 30.6 Å². The van der Waals surface area contributed by atoms with Crippen molar-refractivity contribution in [3.8, 4) is 0 Å². The summed E-state index contributed by atoms with van der Waals surface area (Å²) in [6.07, 6.45) is 4.73. The Morgan fingerprint density at radius 2 is 2.14 bits per heavy atom. The van der Waals surface area contributed by atoms with Crippen LogP contribution >= 0.6 is 0 Å². The largest absolute Gasteiger partial charge is 0.330 e. The van der Waals surface area contributed by atoms with Gasteiger partial charge in [-0.15, -0.1) is 6.58 Å². The Labute approximate surface area is 88.2 Å². The molecular formula is C12H24N2. The van der Waals surface area contributed by atoms with E-state index in [0.717, 1.165) is 25.7 Å². The molecule has 0 aromatic carbocycles. The average Bonchev–Trinajstić information content (AvgIpc) is 2.94. The van der Waals surface area contributed by atoms with Gasteiger partial charge >= 0.3 is 0 Å². The molecule has 0 saturated heterocycles. The van der Waals surface area contributed by atoms with Gasteiger partial charge in [0.2, 0.25) is 0 Å². The van der Waals surface area contributed by atoms with Crippen molar-refractivity contribution >= 4 is 0 Å². The van der Waals surface area contributed by atoms with Crippen LogP contribution in [0.2, 0.25) is 0 Å². The zero-order chi connectivity index (χ0) is 10.6. The molecule has 2 heteroatoms. The van der Waals surface area contributed by atoms with Crippen molar-refractivity contribution in [2.24, 2.45) is 17.6 Å². The van der Waals surface area contributed by atoms with Crippen LogP contribution in [0.25, 0.3) is 0 Å². The maximum atomic E-state index is 5.79. The Kier molecular flexibility index (Phi) is 4.63. The van der Waals surface area contributed by atoms with Gasteiger partial charge in [0.15, 0.2) is 0 Å². The topological polar surface area (TPSA) is 29.3 Å². The summed E-state index contributed by atoms with van der Waals surface area (Å²) in [6.45, 7) is 11.3. The predicted octanol–water partition coefficient (Wildman–Crippen LogP) is 1.87. The van der Waals surface area contributed by atoms with Crippen molar-refractivity contribution in [3.05, 3.63) is 12.7 Å². The van der Waals surface area contributed by atoms with Crippen molar-refractivity contribution in [2.45, 2.75) is 32.7 Å². The fourth-order valence-corrected chi connectivity index (χ4v) is 1.84. The summed E-state index contributed by atoms with van der Waals surface area (Å²) < 4.78 is 0. The molecule has 0 aromatic heterocycles. The zero-order valence-electron chi connectivity index (χ0n) is 9.58.